The number of nitrogens with zero attached hydrogens (tertiary/aromatic N) is 2. The van der Waals surface area contributed by atoms with E-state index in [4.69, 9.17) is 4.74 Å². The van der Waals surface area contributed by atoms with E-state index in [1.165, 1.54) is 12.7 Å². The number of methoxy groups -OCH3 is 1. The second-order valence-electron chi connectivity index (χ2n) is 5.28. The highest BCUT2D eigenvalue weighted by Crippen LogP contribution is 2.28. The third-order valence-electron chi connectivity index (χ3n) is 3.57. The van der Waals surface area contributed by atoms with E-state index in [2.05, 4.69) is 22.0 Å². The molecular formula is C18H22N2O2. The highest BCUT2D eigenvalue weighted by atomic mass is 16.5. The summed E-state index contributed by atoms with van der Waals surface area (Å²) in [7, 11) is 5.61. The molecule has 0 fully saturated rings. The molecule has 0 unspecified atom stereocenters. The van der Waals surface area contributed by atoms with Crippen LogP contribution in [0.1, 0.15) is 17.2 Å². The van der Waals surface area contributed by atoms with Gasteiger partial charge in [0.25, 0.3) is 0 Å². The van der Waals surface area contributed by atoms with Gasteiger partial charge in [-0.3, -0.25) is 4.99 Å². The highest BCUT2D eigenvalue weighted by molar-refractivity contribution is 5.84. The molecule has 1 atom stereocenters. The number of rotatable bonds is 6. The molecule has 0 aliphatic carbocycles. The first-order valence-electron chi connectivity index (χ1n) is 7.20. The van der Waals surface area contributed by atoms with E-state index < -0.39 is 0 Å². The number of hydrogen-bond acceptors (Lipinski definition) is 4. The molecule has 2 rings (SSSR count). The van der Waals surface area contributed by atoms with Crippen LogP contribution in [0.25, 0.3) is 0 Å². The Hall–Kier alpha value is -2.33. The molecule has 2 aromatic rings. The van der Waals surface area contributed by atoms with Crippen molar-refractivity contribution in [1.29, 1.82) is 0 Å². The summed E-state index contributed by atoms with van der Waals surface area (Å²) in [6.45, 7) is 0.619. The van der Waals surface area contributed by atoms with Crippen LogP contribution in [0.5, 0.6) is 11.5 Å². The molecule has 0 saturated carbocycles. The van der Waals surface area contributed by atoms with Gasteiger partial charge in [-0.25, -0.2) is 0 Å². The molecule has 0 aromatic heterocycles. The number of hydrogen-bond donors (Lipinski definition) is 1. The van der Waals surface area contributed by atoms with Crippen molar-refractivity contribution < 1.29 is 9.84 Å². The van der Waals surface area contributed by atoms with E-state index in [0.717, 1.165) is 0 Å². The molecule has 22 heavy (non-hydrogen) atoms. The molecule has 1 N–H and O–H groups in total. The second kappa shape index (κ2) is 7.61. The number of benzene rings is 2. The van der Waals surface area contributed by atoms with Crippen LogP contribution >= 0.6 is 0 Å². The number of aromatic hydroxyl groups is 1. The summed E-state index contributed by atoms with van der Waals surface area (Å²) < 4.78 is 5.10. The van der Waals surface area contributed by atoms with Gasteiger partial charge in [0.05, 0.1) is 19.7 Å². The van der Waals surface area contributed by atoms with E-state index >= 15 is 0 Å². The van der Waals surface area contributed by atoms with Gasteiger partial charge in [-0.1, -0.05) is 36.4 Å². The first-order valence-corrected chi connectivity index (χ1v) is 7.20. The van der Waals surface area contributed by atoms with E-state index in [9.17, 15) is 5.11 Å². The van der Waals surface area contributed by atoms with Crippen LogP contribution in [0.2, 0.25) is 0 Å². The topological polar surface area (TPSA) is 45.1 Å². The van der Waals surface area contributed by atoms with Crippen molar-refractivity contribution >= 4 is 6.21 Å². The summed E-state index contributed by atoms with van der Waals surface area (Å²) in [4.78, 5) is 6.63. The maximum atomic E-state index is 10.1. The van der Waals surface area contributed by atoms with Gasteiger partial charge < -0.3 is 14.7 Å². The monoisotopic (exact) mass is 298 g/mol. The first-order chi connectivity index (χ1) is 10.6. The maximum Gasteiger partial charge on any atom is 0.166 e. The van der Waals surface area contributed by atoms with Crippen LogP contribution in [0, 0.1) is 0 Å². The van der Waals surface area contributed by atoms with Crippen molar-refractivity contribution in [2.24, 2.45) is 4.99 Å². The molecule has 116 valence electrons. The second-order valence-corrected chi connectivity index (χ2v) is 5.28. The van der Waals surface area contributed by atoms with Crippen molar-refractivity contribution in [3.05, 3.63) is 59.7 Å². The maximum absolute atomic E-state index is 10.1. The Morgan fingerprint density at radius 1 is 1.14 bits per heavy atom. The summed E-state index contributed by atoms with van der Waals surface area (Å²) in [6.07, 6.45) is 1.69. The normalized spacial score (nSPS) is 12.7. The minimum atomic E-state index is 0.120. The predicted molar refractivity (Wildman–Crippen MR) is 90.0 cm³/mol. The lowest BCUT2D eigenvalue weighted by atomic mass is 10.1. The third kappa shape index (κ3) is 3.86. The van der Waals surface area contributed by atoms with Crippen LogP contribution in [-0.2, 0) is 0 Å². The van der Waals surface area contributed by atoms with E-state index in [0.29, 0.717) is 17.9 Å². The Kier molecular flexibility index (Phi) is 5.55. The minimum absolute atomic E-state index is 0.120. The highest BCUT2D eigenvalue weighted by Gasteiger charge is 2.12. The van der Waals surface area contributed by atoms with E-state index in [-0.39, 0.29) is 11.8 Å². The molecule has 0 aliphatic rings. The van der Waals surface area contributed by atoms with Crippen molar-refractivity contribution in [3.63, 3.8) is 0 Å². The predicted octanol–water partition coefficient (Wildman–Crippen LogP) is 3.12. The van der Waals surface area contributed by atoms with Crippen molar-refractivity contribution in [2.45, 2.75) is 6.04 Å². The number of para-hydroxylation sites is 1. The number of phenols is 1. The van der Waals surface area contributed by atoms with Crippen LogP contribution in [0.4, 0.5) is 0 Å². The number of ether oxygens (including phenoxy) is 1. The van der Waals surface area contributed by atoms with Gasteiger partial charge in [0.15, 0.2) is 11.5 Å². The molecule has 0 heterocycles. The molecule has 0 aliphatic heterocycles. The van der Waals surface area contributed by atoms with Gasteiger partial charge in [-0.15, -0.1) is 0 Å². The van der Waals surface area contributed by atoms with Crippen LogP contribution in [0.15, 0.2) is 53.5 Å². The zero-order valence-electron chi connectivity index (χ0n) is 13.2. The van der Waals surface area contributed by atoms with Gasteiger partial charge in [-0.05, 0) is 31.8 Å². The van der Waals surface area contributed by atoms with Crippen LogP contribution in [-0.4, -0.2) is 44.0 Å². The largest absolute Gasteiger partial charge is 0.504 e. The van der Waals surface area contributed by atoms with Crippen LogP contribution < -0.4 is 4.74 Å². The molecule has 2 aromatic carbocycles. The Balaban J connectivity index is 2.13. The molecule has 0 amide bonds. The standard InChI is InChI=1S/C18H22N2O2/c1-20(2)16(14-8-5-4-6-9-14)13-19-12-15-10-7-11-17(22-3)18(15)21/h4-12,16,21H,13H2,1-3H3/t16-/m0/s1. The average molecular weight is 298 g/mol. The summed E-state index contributed by atoms with van der Waals surface area (Å²) in [5.74, 6) is 0.575. The molecule has 4 nitrogen and oxygen atoms in total. The Labute approximate surface area is 131 Å². The van der Waals surface area contributed by atoms with Gasteiger partial charge in [0, 0.05) is 11.8 Å². The zero-order valence-corrected chi connectivity index (χ0v) is 13.2. The van der Waals surface area contributed by atoms with Crippen molar-refractivity contribution in [3.8, 4) is 11.5 Å². The Morgan fingerprint density at radius 3 is 2.50 bits per heavy atom. The smallest absolute Gasteiger partial charge is 0.166 e. The number of likely N-dealkylation sites (N-methyl/N-ethyl adjacent to an activating group) is 1. The summed E-state index contributed by atoms with van der Waals surface area (Å²) >= 11 is 0. The van der Waals surface area contributed by atoms with E-state index in [1.807, 2.05) is 44.4 Å². The van der Waals surface area contributed by atoms with Crippen molar-refractivity contribution in [1.82, 2.24) is 4.90 Å². The lowest BCUT2D eigenvalue weighted by Crippen LogP contribution is -2.22. The fraction of sp³-hybridized carbons (Fsp3) is 0.278. The third-order valence-corrected chi connectivity index (χ3v) is 3.57. The fourth-order valence-corrected chi connectivity index (χ4v) is 2.30. The lowest BCUT2D eigenvalue weighted by Gasteiger charge is -2.22. The SMILES string of the molecule is COc1cccc(C=NC[C@@H](c2ccccc2)N(C)C)c1O. The first kappa shape index (κ1) is 16.0. The molecule has 4 heteroatoms. The Morgan fingerprint density at radius 2 is 1.86 bits per heavy atom. The summed E-state index contributed by atoms with van der Waals surface area (Å²) in [5, 5.41) is 10.1. The molecule has 0 radical (unpaired) electrons. The molecule has 0 saturated heterocycles. The summed E-state index contributed by atoms with van der Waals surface area (Å²) in [6, 6.07) is 15.8. The van der Waals surface area contributed by atoms with Gasteiger partial charge in [0.2, 0.25) is 0 Å². The quantitative estimate of drug-likeness (QED) is 0.833. The van der Waals surface area contributed by atoms with Crippen LogP contribution in [0.3, 0.4) is 0 Å². The number of phenolic OH excluding ortho intramolecular Hbond substituents is 1. The van der Waals surface area contributed by atoms with Gasteiger partial charge in [-0.2, -0.15) is 0 Å². The average Bonchev–Trinajstić information content (AvgIpc) is 2.53. The molecule has 0 bridgehead atoms. The minimum Gasteiger partial charge on any atom is -0.504 e. The summed E-state index contributed by atoms with van der Waals surface area (Å²) in [5.41, 5.74) is 1.88. The van der Waals surface area contributed by atoms with E-state index in [1.54, 1.807) is 12.3 Å². The Bertz CT molecular complexity index is 624. The lowest BCUT2D eigenvalue weighted by molar-refractivity contribution is 0.307. The molecule has 0 spiro atoms. The number of aliphatic imine (C=N–C) groups is 1. The van der Waals surface area contributed by atoms with Gasteiger partial charge in [0.1, 0.15) is 0 Å². The van der Waals surface area contributed by atoms with Crippen molar-refractivity contribution in [2.75, 3.05) is 27.7 Å². The zero-order chi connectivity index (χ0) is 15.9. The molecular weight excluding hydrogens is 276 g/mol. The van der Waals surface area contributed by atoms with Gasteiger partial charge >= 0.3 is 0 Å². The fourth-order valence-electron chi connectivity index (χ4n) is 2.30.